The number of methoxy groups -OCH3 is 1. The van der Waals surface area contributed by atoms with Crippen molar-refractivity contribution >= 4 is 51.2 Å². The summed E-state index contributed by atoms with van der Waals surface area (Å²) in [4.78, 5) is 42.4. The third-order valence-electron chi connectivity index (χ3n) is 11.3. The number of hydrogen-bond acceptors (Lipinski definition) is 11. The number of esters is 1. The number of aryl methyl sites for hydroxylation is 2. The minimum Gasteiger partial charge on any atom is -0.490 e. The largest absolute Gasteiger partial charge is 0.490 e. The van der Waals surface area contributed by atoms with Gasteiger partial charge in [0.25, 0.3) is 11.8 Å². The highest BCUT2D eigenvalue weighted by Crippen LogP contribution is 2.47. The number of aliphatic hydroxyl groups excluding tert-OH is 1. The summed E-state index contributed by atoms with van der Waals surface area (Å²) in [5, 5.41) is 23.7. The molecule has 2 aliphatic carbocycles. The summed E-state index contributed by atoms with van der Waals surface area (Å²) in [5.74, 6) is -3.32. The normalized spacial score (nSPS) is 29.6. The molecule has 2 bridgehead atoms. The van der Waals surface area contributed by atoms with E-state index in [4.69, 9.17) is 31.2 Å². The predicted molar refractivity (Wildman–Crippen MR) is 206 cm³/mol. The molecule has 16 heteroatoms. The monoisotopic (exact) mass is 792 g/mol. The first-order chi connectivity index (χ1) is 26.3. The lowest BCUT2D eigenvalue weighted by Crippen LogP contribution is -2.49. The van der Waals surface area contributed by atoms with Gasteiger partial charge in [-0.15, -0.1) is 9.46 Å². The Balaban J connectivity index is 1.33. The fourth-order valence-corrected chi connectivity index (χ4v) is 10.5. The highest BCUT2D eigenvalue weighted by Gasteiger charge is 2.44. The van der Waals surface area contributed by atoms with Gasteiger partial charge in [-0.1, -0.05) is 30.7 Å². The standard InChI is InChI=1S/C39H45ClN6O8S/c1-23-20-55(51,44-37(50)29-19-45(2)42-38(29)52-3)43-36(49)25-7-12-34-31(16-25)46(18-26-6-9-28(26)32(47)11-13-33(23)54-35(48)17-41)21-39(22-53-34)14-4-5-24-15-27(40)8-10-30(24)39/h7-8,10-13,15-17,19,23,26,28,32-33,41,47H,4-6,9,14,18,20-22H2,1-3H3,(H,43,44,49,50,51)/b13-11+,41-17?/t23-,26+,28-,32+,33+,39+,55+/m1/s1. The number of anilines is 1. The molecule has 7 rings (SSSR count). The summed E-state index contributed by atoms with van der Waals surface area (Å²) in [6, 6.07) is 11.0. The van der Waals surface area contributed by atoms with E-state index in [9.17, 15) is 23.7 Å². The lowest BCUT2D eigenvalue weighted by molar-refractivity contribution is -0.139. The van der Waals surface area contributed by atoms with Crippen molar-refractivity contribution in [2.24, 2.45) is 29.2 Å². The van der Waals surface area contributed by atoms with Crippen molar-refractivity contribution in [1.82, 2.24) is 14.5 Å². The number of carbonyl (C=O) groups is 3. The molecule has 292 valence electrons. The molecule has 3 N–H and O–H groups in total. The van der Waals surface area contributed by atoms with Crippen LogP contribution < -0.4 is 19.1 Å². The minimum atomic E-state index is -3.94. The maximum Gasteiger partial charge on any atom is 0.349 e. The van der Waals surface area contributed by atoms with E-state index in [0.717, 1.165) is 32.1 Å². The zero-order chi connectivity index (χ0) is 39.1. The molecule has 0 radical (unpaired) electrons. The minimum absolute atomic E-state index is 0.0214. The van der Waals surface area contributed by atoms with Crippen molar-refractivity contribution in [2.45, 2.75) is 56.7 Å². The second-order valence-corrected chi connectivity index (χ2v) is 17.5. The molecule has 1 spiro atoms. The van der Waals surface area contributed by atoms with Crippen molar-refractivity contribution in [1.29, 1.82) is 5.41 Å². The Kier molecular flexibility index (Phi) is 10.8. The summed E-state index contributed by atoms with van der Waals surface area (Å²) in [7, 11) is -1.01. The number of nitrogens with zero attached hydrogens (tertiary/aromatic N) is 4. The van der Waals surface area contributed by atoms with Gasteiger partial charge in [-0.05, 0) is 91.5 Å². The number of rotatable bonds is 5. The van der Waals surface area contributed by atoms with Gasteiger partial charge in [0.1, 0.15) is 33.5 Å². The number of amides is 2. The summed E-state index contributed by atoms with van der Waals surface area (Å²) in [5.41, 5.74) is 2.79. The average molecular weight is 793 g/mol. The molecule has 4 aliphatic rings. The number of aromatic nitrogens is 2. The average Bonchev–Trinajstić information content (AvgIpc) is 3.46. The lowest BCUT2D eigenvalue weighted by atomic mass is 9.68. The first kappa shape index (κ1) is 38.5. The molecule has 1 aromatic heterocycles. The smallest absolute Gasteiger partial charge is 0.349 e. The van der Waals surface area contributed by atoms with E-state index in [1.54, 1.807) is 38.2 Å². The number of halogens is 1. The number of hydrogen-bond donors (Lipinski definition) is 3. The van der Waals surface area contributed by atoms with Crippen LogP contribution in [0.3, 0.4) is 0 Å². The van der Waals surface area contributed by atoms with Gasteiger partial charge < -0.3 is 29.6 Å². The molecule has 2 aliphatic heterocycles. The molecule has 0 unspecified atom stereocenters. The Morgan fingerprint density at radius 1 is 1.20 bits per heavy atom. The van der Waals surface area contributed by atoms with Gasteiger partial charge in [-0.25, -0.2) is 9.00 Å². The number of ether oxygens (including phenoxy) is 3. The number of aliphatic hydroxyl groups is 1. The van der Waals surface area contributed by atoms with Gasteiger partial charge in [0.15, 0.2) is 0 Å². The second kappa shape index (κ2) is 15.4. The quantitative estimate of drug-likeness (QED) is 0.187. The molecule has 1 fully saturated rings. The molecular weight excluding hydrogens is 748 g/mol. The van der Waals surface area contributed by atoms with E-state index < -0.39 is 51.6 Å². The Morgan fingerprint density at radius 3 is 2.76 bits per heavy atom. The number of fused-ring (bicyclic) bond motifs is 4. The summed E-state index contributed by atoms with van der Waals surface area (Å²) in [6.45, 7) is 3.17. The number of carbonyl (C=O) groups excluding carboxylic acids is 3. The Morgan fingerprint density at radius 2 is 2.02 bits per heavy atom. The van der Waals surface area contributed by atoms with E-state index in [1.165, 1.54) is 35.2 Å². The topological polar surface area (TPSA) is 185 Å². The molecule has 1 saturated carbocycles. The van der Waals surface area contributed by atoms with Crippen LogP contribution in [0.1, 0.15) is 64.4 Å². The van der Waals surface area contributed by atoms with Gasteiger partial charge >= 0.3 is 5.97 Å². The Hall–Kier alpha value is -4.73. The van der Waals surface area contributed by atoms with E-state index in [-0.39, 0.29) is 34.3 Å². The highest BCUT2D eigenvalue weighted by molar-refractivity contribution is 7.92. The zero-order valence-corrected chi connectivity index (χ0v) is 32.5. The van der Waals surface area contributed by atoms with Crippen LogP contribution in [0.25, 0.3) is 0 Å². The summed E-state index contributed by atoms with van der Waals surface area (Å²) in [6.07, 6.45) is 7.40. The van der Waals surface area contributed by atoms with Crippen LogP contribution in [0.5, 0.6) is 11.6 Å². The number of nitrogens with one attached hydrogen (secondary N) is 2. The van der Waals surface area contributed by atoms with Crippen LogP contribution >= 0.6 is 11.6 Å². The Labute approximate surface area is 325 Å². The van der Waals surface area contributed by atoms with Crippen molar-refractivity contribution in [3.63, 3.8) is 0 Å². The molecule has 55 heavy (non-hydrogen) atoms. The van der Waals surface area contributed by atoms with Gasteiger partial charge in [-0.3, -0.25) is 19.0 Å². The van der Waals surface area contributed by atoms with Crippen molar-refractivity contribution < 1.29 is 37.9 Å². The second-order valence-electron chi connectivity index (χ2n) is 15.0. The fourth-order valence-electron chi connectivity index (χ4n) is 8.39. The molecule has 0 saturated heterocycles. The molecule has 3 aromatic rings. The van der Waals surface area contributed by atoms with Crippen LogP contribution in [0.15, 0.2) is 59.1 Å². The van der Waals surface area contributed by atoms with Crippen molar-refractivity contribution in [3.05, 3.63) is 82.0 Å². The fraction of sp³-hybridized carbons (Fsp3) is 0.462. The molecule has 3 heterocycles. The maximum atomic E-state index is 14.8. The first-order valence-corrected chi connectivity index (χ1v) is 20.4. The van der Waals surface area contributed by atoms with Crippen molar-refractivity contribution in [2.75, 3.05) is 37.5 Å². The maximum absolute atomic E-state index is 14.8. The van der Waals surface area contributed by atoms with Crippen LogP contribution in [0, 0.1) is 23.2 Å². The van der Waals surface area contributed by atoms with Crippen LogP contribution in [-0.2, 0) is 38.3 Å². The third kappa shape index (κ3) is 7.87. The van der Waals surface area contributed by atoms with Crippen molar-refractivity contribution in [3.8, 4) is 11.6 Å². The van der Waals surface area contributed by atoms with Crippen LogP contribution in [0.2, 0.25) is 5.02 Å². The van der Waals surface area contributed by atoms with E-state index in [2.05, 4.69) is 25.1 Å². The highest BCUT2D eigenvalue weighted by atomic mass is 35.5. The summed E-state index contributed by atoms with van der Waals surface area (Å²) < 4.78 is 40.2. The molecule has 2 amide bonds. The third-order valence-corrected chi connectivity index (χ3v) is 13.5. The van der Waals surface area contributed by atoms with E-state index in [0.29, 0.717) is 42.4 Å². The van der Waals surface area contributed by atoms with Crippen LogP contribution in [0.4, 0.5) is 5.69 Å². The van der Waals surface area contributed by atoms with Crippen LogP contribution in [-0.4, -0.2) is 87.9 Å². The first-order valence-electron chi connectivity index (χ1n) is 18.4. The summed E-state index contributed by atoms with van der Waals surface area (Å²) >= 11 is 6.44. The van der Waals surface area contributed by atoms with Gasteiger partial charge in [-0.2, -0.15) is 0 Å². The van der Waals surface area contributed by atoms with Gasteiger partial charge in [0.2, 0.25) is 5.88 Å². The van der Waals surface area contributed by atoms with Gasteiger partial charge in [0.05, 0.1) is 31.3 Å². The van der Waals surface area contributed by atoms with E-state index >= 15 is 0 Å². The number of benzene rings is 2. The SMILES string of the molecule is COc1nn(C)cc1C(=O)N[S@@]1(=O)=NC(=O)c2ccc3c(c2)N(C[C@@H]2CC[C@H]2[C@@H](O)/C=C/[C@H](OC(=O)C=N)[C@H](C)C1)C[C@@]1(CCCc2cc(Cl)ccc21)CO3. The Bertz CT molecular complexity index is 2180. The van der Waals surface area contributed by atoms with Gasteiger partial charge in [0, 0.05) is 48.3 Å². The molecule has 2 aromatic carbocycles. The molecule has 7 atom stereocenters. The molecular formula is C39H45ClN6O8S. The predicted octanol–water partition coefficient (Wildman–Crippen LogP) is 4.66. The van der Waals surface area contributed by atoms with E-state index in [1.807, 2.05) is 12.1 Å². The zero-order valence-electron chi connectivity index (χ0n) is 30.9. The molecule has 14 nitrogen and oxygen atoms in total. The lowest BCUT2D eigenvalue weighted by Gasteiger charge is -2.45.